The fourth-order valence-electron chi connectivity index (χ4n) is 1.73. The molecule has 1 aromatic rings. The molecule has 1 atom stereocenters. The van der Waals surface area contributed by atoms with E-state index >= 15 is 0 Å². The Balaban J connectivity index is 2.13. The van der Waals surface area contributed by atoms with Crippen LogP contribution in [0.3, 0.4) is 0 Å². The second kappa shape index (κ2) is 8.59. The van der Waals surface area contributed by atoms with Crippen LogP contribution in [0.4, 0.5) is 0 Å². The van der Waals surface area contributed by atoms with Gasteiger partial charge < -0.3 is 15.0 Å². The Labute approximate surface area is 122 Å². The lowest BCUT2D eigenvalue weighted by Gasteiger charge is -2.15. The van der Waals surface area contributed by atoms with Crippen LogP contribution in [0.15, 0.2) is 24.3 Å². The quantitative estimate of drug-likeness (QED) is 0.741. The molecule has 4 nitrogen and oxygen atoms in total. The summed E-state index contributed by atoms with van der Waals surface area (Å²) in [5.74, 6) is 1.07. The van der Waals surface area contributed by atoms with Crippen molar-refractivity contribution in [2.24, 2.45) is 0 Å². The number of aryl methyl sites for hydroxylation is 1. The molecule has 0 aliphatic carbocycles. The van der Waals surface area contributed by atoms with E-state index in [9.17, 15) is 4.79 Å². The Kier molecular flexibility index (Phi) is 7.09. The maximum absolute atomic E-state index is 11.4. The van der Waals surface area contributed by atoms with E-state index in [4.69, 9.17) is 4.74 Å². The molecule has 0 spiro atoms. The van der Waals surface area contributed by atoms with E-state index in [1.54, 1.807) is 19.0 Å². The minimum absolute atomic E-state index is 0.176. The second-order valence-corrected chi connectivity index (χ2v) is 5.37. The van der Waals surface area contributed by atoms with E-state index < -0.39 is 0 Å². The summed E-state index contributed by atoms with van der Waals surface area (Å²) in [5, 5.41) is 3.36. The normalized spacial score (nSPS) is 12.0. The highest BCUT2D eigenvalue weighted by Gasteiger charge is 2.05. The van der Waals surface area contributed by atoms with Crippen molar-refractivity contribution in [3.63, 3.8) is 0 Å². The van der Waals surface area contributed by atoms with Crippen molar-refractivity contribution < 1.29 is 9.53 Å². The minimum atomic E-state index is 0.176. The average molecular weight is 278 g/mol. The number of amides is 1. The Morgan fingerprint density at radius 3 is 2.55 bits per heavy atom. The van der Waals surface area contributed by atoms with Crippen molar-refractivity contribution in [1.29, 1.82) is 0 Å². The number of carbonyl (C=O) groups is 1. The van der Waals surface area contributed by atoms with Gasteiger partial charge >= 0.3 is 0 Å². The van der Waals surface area contributed by atoms with Gasteiger partial charge in [0.1, 0.15) is 12.4 Å². The van der Waals surface area contributed by atoms with E-state index in [2.05, 4.69) is 19.2 Å². The van der Waals surface area contributed by atoms with Crippen molar-refractivity contribution in [3.8, 4) is 5.75 Å². The summed E-state index contributed by atoms with van der Waals surface area (Å²) in [6.07, 6.45) is 1.44. The smallest absolute Gasteiger partial charge is 0.222 e. The molecule has 4 heteroatoms. The number of nitrogens with one attached hydrogen (secondary N) is 1. The summed E-state index contributed by atoms with van der Waals surface area (Å²) in [7, 11) is 3.57. The number of nitrogens with zero attached hydrogens (tertiary/aromatic N) is 1. The molecule has 1 amide bonds. The van der Waals surface area contributed by atoms with Gasteiger partial charge in [0.25, 0.3) is 0 Å². The molecule has 1 aromatic carbocycles. The second-order valence-electron chi connectivity index (χ2n) is 5.37. The number of hydrogen-bond acceptors (Lipinski definition) is 3. The van der Waals surface area contributed by atoms with Gasteiger partial charge in [-0.05, 0) is 38.9 Å². The van der Waals surface area contributed by atoms with Crippen molar-refractivity contribution in [2.75, 3.05) is 27.2 Å². The van der Waals surface area contributed by atoms with Gasteiger partial charge in [-0.25, -0.2) is 0 Å². The largest absolute Gasteiger partial charge is 0.492 e. The molecule has 0 aliphatic rings. The average Bonchev–Trinajstić information content (AvgIpc) is 2.42. The molecule has 1 rings (SSSR count). The molecule has 0 aromatic heterocycles. The van der Waals surface area contributed by atoms with E-state index in [1.165, 1.54) is 5.56 Å². The summed E-state index contributed by atoms with van der Waals surface area (Å²) >= 11 is 0. The van der Waals surface area contributed by atoms with Crippen LogP contribution in [0, 0.1) is 6.92 Å². The molecule has 1 N–H and O–H groups in total. The summed E-state index contributed by atoms with van der Waals surface area (Å²) in [6, 6.07) is 8.32. The maximum atomic E-state index is 11.4. The predicted octanol–water partition coefficient (Wildman–Crippen LogP) is 2.22. The Hall–Kier alpha value is -1.55. The van der Waals surface area contributed by atoms with Crippen molar-refractivity contribution >= 4 is 5.91 Å². The summed E-state index contributed by atoms with van der Waals surface area (Å²) in [5.41, 5.74) is 1.23. The van der Waals surface area contributed by atoms with Crippen LogP contribution in [0.2, 0.25) is 0 Å². The van der Waals surface area contributed by atoms with Gasteiger partial charge in [-0.1, -0.05) is 17.7 Å². The van der Waals surface area contributed by atoms with Gasteiger partial charge in [-0.15, -0.1) is 0 Å². The molecular weight excluding hydrogens is 252 g/mol. The van der Waals surface area contributed by atoms with E-state index in [0.717, 1.165) is 18.7 Å². The first-order chi connectivity index (χ1) is 9.49. The summed E-state index contributed by atoms with van der Waals surface area (Å²) in [4.78, 5) is 13.0. The molecule has 0 radical (unpaired) electrons. The molecular formula is C16H26N2O2. The highest BCUT2D eigenvalue weighted by molar-refractivity contribution is 5.75. The standard InChI is InChI=1S/C16H26N2O2/c1-13-7-9-15(10-8-13)20-12-14(2)17-11-5-6-16(19)18(3)4/h7-10,14,17H,5-6,11-12H2,1-4H3. The topological polar surface area (TPSA) is 41.6 Å². The van der Waals surface area contributed by atoms with Crippen LogP contribution in [-0.4, -0.2) is 44.1 Å². The Bertz CT molecular complexity index is 401. The fraction of sp³-hybridized carbons (Fsp3) is 0.562. The van der Waals surface area contributed by atoms with Crippen LogP contribution in [-0.2, 0) is 4.79 Å². The fourth-order valence-corrected chi connectivity index (χ4v) is 1.73. The van der Waals surface area contributed by atoms with E-state index in [0.29, 0.717) is 13.0 Å². The monoisotopic (exact) mass is 278 g/mol. The SMILES string of the molecule is Cc1ccc(OCC(C)NCCCC(=O)N(C)C)cc1. The van der Waals surface area contributed by atoms with Gasteiger partial charge in [0.15, 0.2) is 0 Å². The molecule has 20 heavy (non-hydrogen) atoms. The lowest BCUT2D eigenvalue weighted by atomic mass is 10.2. The van der Waals surface area contributed by atoms with Crippen LogP contribution >= 0.6 is 0 Å². The first kappa shape index (κ1) is 16.5. The van der Waals surface area contributed by atoms with E-state index in [-0.39, 0.29) is 11.9 Å². The zero-order valence-corrected chi connectivity index (χ0v) is 13.0. The number of ether oxygens (including phenoxy) is 1. The third-order valence-corrected chi connectivity index (χ3v) is 3.08. The van der Waals surface area contributed by atoms with Gasteiger partial charge in [0.05, 0.1) is 0 Å². The van der Waals surface area contributed by atoms with Crippen LogP contribution in [0.25, 0.3) is 0 Å². The summed E-state index contributed by atoms with van der Waals surface area (Å²) < 4.78 is 5.70. The zero-order chi connectivity index (χ0) is 15.0. The molecule has 0 aliphatic heterocycles. The highest BCUT2D eigenvalue weighted by Crippen LogP contribution is 2.11. The predicted molar refractivity (Wildman–Crippen MR) is 82.1 cm³/mol. The van der Waals surface area contributed by atoms with Crippen molar-refractivity contribution in [3.05, 3.63) is 29.8 Å². The zero-order valence-electron chi connectivity index (χ0n) is 13.0. The van der Waals surface area contributed by atoms with Crippen molar-refractivity contribution in [1.82, 2.24) is 10.2 Å². The molecule has 0 fully saturated rings. The molecule has 1 unspecified atom stereocenters. The third kappa shape index (κ3) is 6.57. The molecule has 0 heterocycles. The van der Waals surface area contributed by atoms with Crippen LogP contribution in [0.1, 0.15) is 25.3 Å². The highest BCUT2D eigenvalue weighted by atomic mass is 16.5. The first-order valence-corrected chi connectivity index (χ1v) is 7.12. The lowest BCUT2D eigenvalue weighted by Crippen LogP contribution is -2.33. The van der Waals surface area contributed by atoms with Gasteiger partial charge in [0, 0.05) is 26.6 Å². The Morgan fingerprint density at radius 1 is 1.30 bits per heavy atom. The minimum Gasteiger partial charge on any atom is -0.492 e. The van der Waals surface area contributed by atoms with Crippen LogP contribution < -0.4 is 10.1 Å². The number of rotatable bonds is 8. The lowest BCUT2D eigenvalue weighted by molar-refractivity contribution is -0.128. The maximum Gasteiger partial charge on any atom is 0.222 e. The number of hydrogen-bond donors (Lipinski definition) is 1. The van der Waals surface area contributed by atoms with Crippen molar-refractivity contribution in [2.45, 2.75) is 32.7 Å². The van der Waals surface area contributed by atoms with Gasteiger partial charge in [-0.3, -0.25) is 4.79 Å². The van der Waals surface area contributed by atoms with Gasteiger partial charge in [-0.2, -0.15) is 0 Å². The molecule has 112 valence electrons. The number of benzene rings is 1. The van der Waals surface area contributed by atoms with Crippen LogP contribution in [0.5, 0.6) is 5.75 Å². The summed E-state index contributed by atoms with van der Waals surface area (Å²) in [6.45, 7) is 5.60. The molecule has 0 bridgehead atoms. The van der Waals surface area contributed by atoms with E-state index in [1.807, 2.05) is 24.3 Å². The first-order valence-electron chi connectivity index (χ1n) is 7.12. The Morgan fingerprint density at radius 2 is 1.95 bits per heavy atom. The molecule has 0 saturated heterocycles. The third-order valence-electron chi connectivity index (χ3n) is 3.08. The van der Waals surface area contributed by atoms with Gasteiger partial charge in [0.2, 0.25) is 5.91 Å². The number of carbonyl (C=O) groups excluding carboxylic acids is 1. The molecule has 0 saturated carbocycles.